The van der Waals surface area contributed by atoms with E-state index in [4.69, 9.17) is 4.42 Å². The molecule has 21 heavy (non-hydrogen) atoms. The Bertz CT molecular complexity index is 482. The molecule has 0 saturated heterocycles. The zero-order valence-corrected chi connectivity index (χ0v) is 12.3. The van der Waals surface area contributed by atoms with Crippen LogP contribution in [-0.4, -0.2) is 23.7 Å². The van der Waals surface area contributed by atoms with Crippen LogP contribution >= 0.6 is 0 Å². The molecule has 120 valence electrons. The molecule has 0 fully saturated rings. The van der Waals surface area contributed by atoms with Crippen molar-refractivity contribution in [3.63, 3.8) is 0 Å². The summed E-state index contributed by atoms with van der Waals surface area (Å²) in [4.78, 5) is 11.7. The highest BCUT2D eigenvalue weighted by Gasteiger charge is 2.58. The molecule has 0 aromatic carbocycles. The first-order valence-corrected chi connectivity index (χ1v) is 6.69. The minimum Gasteiger partial charge on any atom is -0.463 e. The maximum atomic E-state index is 13.1. The van der Waals surface area contributed by atoms with Crippen LogP contribution in [-0.2, 0) is 10.4 Å². The molecular weight excluding hydrogens is 287 g/mol. The van der Waals surface area contributed by atoms with Gasteiger partial charge in [-0.15, -0.1) is 0 Å². The first-order chi connectivity index (χ1) is 9.56. The van der Waals surface area contributed by atoms with Gasteiger partial charge < -0.3 is 14.8 Å². The molecule has 0 aliphatic rings. The number of carbonyl (C=O) groups excluding carboxylic acids is 1. The van der Waals surface area contributed by atoms with Gasteiger partial charge in [0.2, 0.25) is 11.5 Å². The second kappa shape index (κ2) is 6.51. The van der Waals surface area contributed by atoms with Crippen LogP contribution in [0.2, 0.25) is 0 Å². The van der Waals surface area contributed by atoms with E-state index in [0.717, 1.165) is 6.07 Å². The monoisotopic (exact) mass is 307 g/mol. The largest absolute Gasteiger partial charge is 0.463 e. The van der Waals surface area contributed by atoms with E-state index in [9.17, 15) is 23.1 Å². The standard InChI is InChI=1S/C14H20F3NO3/c1-9(2)6-7-18-12(19)8-13(20,14(15,16)17)11-5-4-10(3)21-11/h4-5,9,20H,6-8H2,1-3H3,(H,18,19). The SMILES string of the molecule is Cc1ccc(C(O)(CC(=O)NCCC(C)C)C(F)(F)F)o1. The lowest BCUT2D eigenvalue weighted by atomic mass is 9.95. The van der Waals surface area contributed by atoms with Crippen molar-refractivity contribution in [3.8, 4) is 0 Å². The number of aryl methyl sites for hydroxylation is 1. The number of furan rings is 1. The number of alkyl halides is 3. The number of hydrogen-bond donors (Lipinski definition) is 2. The van der Waals surface area contributed by atoms with Gasteiger partial charge in [-0.2, -0.15) is 13.2 Å². The number of amides is 1. The van der Waals surface area contributed by atoms with Gasteiger partial charge in [-0.25, -0.2) is 0 Å². The van der Waals surface area contributed by atoms with E-state index in [1.54, 1.807) is 0 Å². The maximum absolute atomic E-state index is 13.1. The van der Waals surface area contributed by atoms with Crippen molar-refractivity contribution in [2.75, 3.05) is 6.54 Å². The lowest BCUT2D eigenvalue weighted by molar-refractivity contribution is -0.273. The average molecular weight is 307 g/mol. The smallest absolute Gasteiger partial charge is 0.425 e. The number of carbonyl (C=O) groups is 1. The summed E-state index contributed by atoms with van der Waals surface area (Å²) in [6.07, 6.45) is -5.48. The van der Waals surface area contributed by atoms with Gasteiger partial charge in [0.05, 0.1) is 6.42 Å². The molecular formula is C14H20F3NO3. The van der Waals surface area contributed by atoms with E-state index in [1.807, 2.05) is 13.8 Å². The third-order valence-electron chi connectivity index (χ3n) is 3.08. The third-order valence-corrected chi connectivity index (χ3v) is 3.08. The van der Waals surface area contributed by atoms with Crippen molar-refractivity contribution in [1.29, 1.82) is 0 Å². The first-order valence-electron chi connectivity index (χ1n) is 6.69. The van der Waals surface area contributed by atoms with Crippen molar-refractivity contribution in [2.45, 2.75) is 45.4 Å². The first kappa shape index (κ1) is 17.6. The molecule has 2 N–H and O–H groups in total. The second-order valence-electron chi connectivity index (χ2n) is 5.48. The summed E-state index contributed by atoms with van der Waals surface area (Å²) in [7, 11) is 0. The number of aliphatic hydroxyl groups is 1. The molecule has 7 heteroatoms. The van der Waals surface area contributed by atoms with Crippen molar-refractivity contribution in [3.05, 3.63) is 23.7 Å². The van der Waals surface area contributed by atoms with Crippen LogP contribution in [0.5, 0.6) is 0 Å². The molecule has 0 saturated carbocycles. The minimum absolute atomic E-state index is 0.230. The van der Waals surface area contributed by atoms with Crippen molar-refractivity contribution in [2.24, 2.45) is 5.92 Å². The van der Waals surface area contributed by atoms with Crippen LogP contribution in [0.3, 0.4) is 0 Å². The molecule has 0 radical (unpaired) electrons. The van der Waals surface area contributed by atoms with E-state index in [1.165, 1.54) is 13.0 Å². The van der Waals surface area contributed by atoms with Crippen LogP contribution in [0.25, 0.3) is 0 Å². The summed E-state index contributed by atoms with van der Waals surface area (Å²) in [6, 6.07) is 2.34. The zero-order valence-electron chi connectivity index (χ0n) is 12.3. The molecule has 1 heterocycles. The summed E-state index contributed by atoms with van der Waals surface area (Å²) in [5, 5.41) is 12.3. The van der Waals surface area contributed by atoms with Gasteiger partial charge in [-0.05, 0) is 31.4 Å². The summed E-state index contributed by atoms with van der Waals surface area (Å²) in [5.74, 6) is -0.997. The van der Waals surface area contributed by atoms with E-state index < -0.39 is 29.9 Å². The van der Waals surface area contributed by atoms with Gasteiger partial charge in [-0.1, -0.05) is 13.8 Å². The fraction of sp³-hybridized carbons (Fsp3) is 0.643. The van der Waals surface area contributed by atoms with Gasteiger partial charge in [-0.3, -0.25) is 4.79 Å². The van der Waals surface area contributed by atoms with Crippen molar-refractivity contribution in [1.82, 2.24) is 5.32 Å². The van der Waals surface area contributed by atoms with Crippen LogP contribution in [0.1, 0.15) is 38.2 Å². The fourth-order valence-electron chi connectivity index (χ4n) is 1.78. The van der Waals surface area contributed by atoms with Gasteiger partial charge in [0.25, 0.3) is 0 Å². The van der Waals surface area contributed by atoms with Crippen LogP contribution in [0, 0.1) is 12.8 Å². The minimum atomic E-state index is -5.01. The second-order valence-corrected chi connectivity index (χ2v) is 5.48. The molecule has 1 unspecified atom stereocenters. The predicted octanol–water partition coefficient (Wildman–Crippen LogP) is 2.89. The van der Waals surface area contributed by atoms with E-state index in [-0.39, 0.29) is 12.3 Å². The fourth-order valence-corrected chi connectivity index (χ4v) is 1.78. The summed E-state index contributed by atoms with van der Waals surface area (Å²) in [6.45, 7) is 5.60. The highest BCUT2D eigenvalue weighted by molar-refractivity contribution is 5.77. The Balaban J connectivity index is 2.83. The van der Waals surface area contributed by atoms with Crippen molar-refractivity contribution < 1.29 is 27.5 Å². The summed E-state index contributed by atoms with van der Waals surface area (Å²) < 4.78 is 44.2. The molecule has 1 amide bonds. The number of nitrogens with one attached hydrogen (secondary N) is 1. The molecule has 0 spiro atoms. The third kappa shape index (κ3) is 4.49. The maximum Gasteiger partial charge on any atom is 0.425 e. The van der Waals surface area contributed by atoms with Crippen LogP contribution < -0.4 is 5.32 Å². The number of hydrogen-bond acceptors (Lipinski definition) is 3. The number of halogens is 3. The molecule has 1 aromatic rings. The highest BCUT2D eigenvalue weighted by atomic mass is 19.4. The Hall–Kier alpha value is -1.50. The van der Waals surface area contributed by atoms with E-state index in [0.29, 0.717) is 12.3 Å². The Morgan fingerprint density at radius 3 is 2.43 bits per heavy atom. The lowest BCUT2D eigenvalue weighted by Crippen LogP contribution is -2.46. The van der Waals surface area contributed by atoms with Gasteiger partial charge >= 0.3 is 6.18 Å². The van der Waals surface area contributed by atoms with Gasteiger partial charge in [0.15, 0.2) is 0 Å². The lowest BCUT2D eigenvalue weighted by Gasteiger charge is -2.28. The Labute approximate surface area is 121 Å². The number of rotatable bonds is 6. The molecule has 1 atom stereocenters. The molecule has 0 aliphatic heterocycles. The summed E-state index contributed by atoms with van der Waals surface area (Å²) in [5.41, 5.74) is -3.32. The Morgan fingerprint density at radius 1 is 1.38 bits per heavy atom. The Morgan fingerprint density at radius 2 is 2.00 bits per heavy atom. The average Bonchev–Trinajstić information content (AvgIpc) is 2.74. The molecule has 1 aromatic heterocycles. The van der Waals surface area contributed by atoms with E-state index in [2.05, 4.69) is 5.32 Å². The topological polar surface area (TPSA) is 62.5 Å². The normalized spacial score (nSPS) is 15.0. The van der Waals surface area contributed by atoms with Crippen molar-refractivity contribution >= 4 is 5.91 Å². The molecule has 1 rings (SSSR count). The predicted molar refractivity (Wildman–Crippen MR) is 70.5 cm³/mol. The highest BCUT2D eigenvalue weighted by Crippen LogP contribution is 2.42. The molecule has 4 nitrogen and oxygen atoms in total. The van der Waals surface area contributed by atoms with Gasteiger partial charge in [0.1, 0.15) is 11.5 Å². The Kier molecular flexibility index (Phi) is 5.44. The van der Waals surface area contributed by atoms with Crippen LogP contribution in [0.15, 0.2) is 16.5 Å². The van der Waals surface area contributed by atoms with E-state index >= 15 is 0 Å². The summed E-state index contributed by atoms with van der Waals surface area (Å²) >= 11 is 0. The molecule has 0 aliphatic carbocycles. The molecule has 0 bridgehead atoms. The zero-order chi connectivity index (χ0) is 16.3. The van der Waals surface area contributed by atoms with Crippen LogP contribution in [0.4, 0.5) is 13.2 Å². The quantitative estimate of drug-likeness (QED) is 0.849. The van der Waals surface area contributed by atoms with Gasteiger partial charge in [0, 0.05) is 6.54 Å².